The third-order valence-electron chi connectivity index (χ3n) is 5.06. The second-order valence-corrected chi connectivity index (χ2v) is 8.12. The van der Waals surface area contributed by atoms with Gasteiger partial charge in [-0.3, -0.25) is 9.59 Å². The fraction of sp³-hybridized carbons (Fsp3) is 0.208. The molecule has 6 heteroatoms. The lowest BCUT2D eigenvalue weighted by molar-refractivity contribution is -0.147. The van der Waals surface area contributed by atoms with Crippen molar-refractivity contribution >= 4 is 29.3 Å². The van der Waals surface area contributed by atoms with Gasteiger partial charge in [-0.15, -0.1) is 11.3 Å². The van der Waals surface area contributed by atoms with Gasteiger partial charge in [0.1, 0.15) is 11.6 Å². The normalized spacial score (nSPS) is 15.0. The lowest BCUT2D eigenvalue weighted by atomic mass is 9.94. The van der Waals surface area contributed by atoms with Crippen LogP contribution >= 0.6 is 11.3 Å². The van der Waals surface area contributed by atoms with E-state index in [4.69, 9.17) is 4.74 Å². The molecule has 5 nitrogen and oxygen atoms in total. The van der Waals surface area contributed by atoms with Crippen LogP contribution < -0.4 is 0 Å². The van der Waals surface area contributed by atoms with Gasteiger partial charge in [0, 0.05) is 24.1 Å². The van der Waals surface area contributed by atoms with Crippen LogP contribution in [0.4, 0.5) is 0 Å². The standard InChI is InChI=1S/C24H22N2O3S/c1-16-7-9-19(10-8-16)24-25-20(15-30-24)14-29-23(28)13-22-21-6-4-3-5-18(21)11-12-26(22)17(2)27/h3-12,15,22H,13-14H2,1-2H3/t22-/m1/s1. The Morgan fingerprint density at radius 1 is 1.13 bits per heavy atom. The first-order chi connectivity index (χ1) is 14.5. The molecule has 1 atom stereocenters. The molecule has 152 valence electrons. The lowest BCUT2D eigenvalue weighted by Gasteiger charge is -2.32. The Hall–Kier alpha value is -3.25. The maximum atomic E-state index is 12.6. The Labute approximate surface area is 179 Å². The summed E-state index contributed by atoms with van der Waals surface area (Å²) in [5.74, 6) is -0.470. The lowest BCUT2D eigenvalue weighted by Crippen LogP contribution is -2.32. The molecule has 0 bridgehead atoms. The summed E-state index contributed by atoms with van der Waals surface area (Å²) < 4.78 is 5.49. The molecule has 2 heterocycles. The van der Waals surface area contributed by atoms with E-state index < -0.39 is 0 Å². The van der Waals surface area contributed by atoms with Crippen LogP contribution in [-0.2, 0) is 20.9 Å². The van der Waals surface area contributed by atoms with E-state index in [9.17, 15) is 9.59 Å². The molecule has 0 unspecified atom stereocenters. The molecule has 0 spiro atoms. The number of fused-ring (bicyclic) bond motifs is 1. The van der Waals surface area contributed by atoms with E-state index in [0.29, 0.717) is 0 Å². The van der Waals surface area contributed by atoms with Crippen LogP contribution in [0.15, 0.2) is 60.1 Å². The molecule has 0 fully saturated rings. The first kappa shape index (κ1) is 20.0. The SMILES string of the molecule is CC(=O)N1C=Cc2ccccc2[C@H]1CC(=O)OCc1csc(-c2ccc(C)cc2)n1. The molecule has 0 saturated heterocycles. The highest BCUT2D eigenvalue weighted by Crippen LogP contribution is 2.33. The van der Waals surface area contributed by atoms with Gasteiger partial charge in [-0.25, -0.2) is 4.98 Å². The number of hydrogen-bond donors (Lipinski definition) is 0. The van der Waals surface area contributed by atoms with Gasteiger partial charge in [0.05, 0.1) is 18.2 Å². The third-order valence-corrected chi connectivity index (χ3v) is 6.00. The zero-order valence-corrected chi connectivity index (χ0v) is 17.7. The highest BCUT2D eigenvalue weighted by atomic mass is 32.1. The molecule has 0 aliphatic carbocycles. The van der Waals surface area contributed by atoms with Gasteiger partial charge in [0.15, 0.2) is 0 Å². The smallest absolute Gasteiger partial charge is 0.308 e. The molecule has 1 aromatic heterocycles. The summed E-state index contributed by atoms with van der Waals surface area (Å²) in [6.07, 6.45) is 3.72. The van der Waals surface area contributed by atoms with Crippen molar-refractivity contribution in [3.63, 3.8) is 0 Å². The zero-order chi connectivity index (χ0) is 21.1. The number of ether oxygens (including phenoxy) is 1. The van der Waals surface area contributed by atoms with Gasteiger partial charge in [0.2, 0.25) is 5.91 Å². The minimum atomic E-state index is -0.366. The van der Waals surface area contributed by atoms with Crippen LogP contribution in [0.5, 0.6) is 0 Å². The average Bonchev–Trinajstić information content (AvgIpc) is 3.22. The van der Waals surface area contributed by atoms with E-state index in [1.54, 1.807) is 11.1 Å². The number of nitrogens with zero attached hydrogens (tertiary/aromatic N) is 2. The third kappa shape index (κ3) is 4.33. The number of carbonyl (C=O) groups excluding carboxylic acids is 2. The molecule has 0 radical (unpaired) electrons. The fourth-order valence-corrected chi connectivity index (χ4v) is 4.30. The summed E-state index contributed by atoms with van der Waals surface area (Å²) >= 11 is 1.53. The Morgan fingerprint density at radius 3 is 2.67 bits per heavy atom. The second-order valence-electron chi connectivity index (χ2n) is 7.26. The number of aromatic nitrogens is 1. The van der Waals surface area contributed by atoms with E-state index >= 15 is 0 Å². The number of hydrogen-bond acceptors (Lipinski definition) is 5. The van der Waals surface area contributed by atoms with Crippen molar-refractivity contribution < 1.29 is 14.3 Å². The predicted octanol–water partition coefficient (Wildman–Crippen LogP) is 5.13. The predicted molar refractivity (Wildman–Crippen MR) is 117 cm³/mol. The zero-order valence-electron chi connectivity index (χ0n) is 16.9. The van der Waals surface area contributed by atoms with Crippen molar-refractivity contribution in [2.45, 2.75) is 32.9 Å². The highest BCUT2D eigenvalue weighted by Gasteiger charge is 2.28. The average molecular weight is 419 g/mol. The number of rotatable bonds is 5. The summed E-state index contributed by atoms with van der Waals surface area (Å²) in [4.78, 5) is 30.8. The van der Waals surface area contributed by atoms with Crippen LogP contribution in [-0.4, -0.2) is 21.8 Å². The largest absolute Gasteiger partial charge is 0.459 e. The molecular weight excluding hydrogens is 396 g/mol. The molecule has 0 saturated carbocycles. The second kappa shape index (κ2) is 8.63. The monoisotopic (exact) mass is 418 g/mol. The summed E-state index contributed by atoms with van der Waals surface area (Å²) in [5, 5.41) is 2.80. The van der Waals surface area contributed by atoms with Crippen LogP contribution in [0.1, 0.15) is 41.8 Å². The number of amides is 1. The van der Waals surface area contributed by atoms with E-state index in [0.717, 1.165) is 27.4 Å². The van der Waals surface area contributed by atoms with E-state index in [1.807, 2.05) is 66.9 Å². The van der Waals surface area contributed by atoms with E-state index in [-0.39, 0.29) is 30.9 Å². The Morgan fingerprint density at radius 2 is 1.90 bits per heavy atom. The molecule has 1 aliphatic rings. The quantitative estimate of drug-likeness (QED) is 0.539. The van der Waals surface area contributed by atoms with E-state index in [2.05, 4.69) is 4.98 Å². The van der Waals surface area contributed by atoms with Gasteiger partial charge in [0.25, 0.3) is 0 Å². The van der Waals surface area contributed by atoms with Crippen LogP contribution in [0.3, 0.4) is 0 Å². The first-order valence-corrected chi connectivity index (χ1v) is 10.6. The van der Waals surface area contributed by atoms with Crippen molar-refractivity contribution in [2.75, 3.05) is 0 Å². The number of thiazole rings is 1. The van der Waals surface area contributed by atoms with Crippen LogP contribution in [0, 0.1) is 6.92 Å². The Kier molecular flexibility index (Phi) is 5.77. The number of aryl methyl sites for hydroxylation is 1. The van der Waals surface area contributed by atoms with E-state index in [1.165, 1.54) is 23.8 Å². The summed E-state index contributed by atoms with van der Waals surface area (Å²) in [7, 11) is 0. The highest BCUT2D eigenvalue weighted by molar-refractivity contribution is 7.13. The topological polar surface area (TPSA) is 59.5 Å². The molecule has 3 aromatic rings. The molecular formula is C24H22N2O3S. The summed E-state index contributed by atoms with van der Waals surface area (Å²) in [6, 6.07) is 15.6. The number of esters is 1. The van der Waals surface area contributed by atoms with Gasteiger partial charge < -0.3 is 9.64 Å². The van der Waals surface area contributed by atoms with Crippen molar-refractivity contribution in [3.8, 4) is 10.6 Å². The molecule has 1 aliphatic heterocycles. The van der Waals surface area contributed by atoms with Gasteiger partial charge in [-0.1, -0.05) is 54.1 Å². The molecule has 30 heavy (non-hydrogen) atoms. The van der Waals surface area contributed by atoms with Crippen LogP contribution in [0.25, 0.3) is 16.6 Å². The van der Waals surface area contributed by atoms with Gasteiger partial charge >= 0.3 is 5.97 Å². The fourth-order valence-electron chi connectivity index (χ4n) is 3.49. The van der Waals surface area contributed by atoms with Crippen molar-refractivity contribution in [1.82, 2.24) is 9.88 Å². The number of carbonyl (C=O) groups is 2. The van der Waals surface area contributed by atoms with Gasteiger partial charge in [-0.2, -0.15) is 0 Å². The molecule has 0 N–H and O–H groups in total. The minimum absolute atomic E-state index is 0.0931. The maximum Gasteiger partial charge on any atom is 0.308 e. The van der Waals surface area contributed by atoms with Gasteiger partial charge in [-0.05, 0) is 24.1 Å². The number of benzene rings is 2. The molecule has 4 rings (SSSR count). The minimum Gasteiger partial charge on any atom is -0.459 e. The van der Waals surface area contributed by atoms with Crippen molar-refractivity contribution in [2.24, 2.45) is 0 Å². The summed E-state index contributed by atoms with van der Waals surface area (Å²) in [5.41, 5.74) is 4.92. The Bertz CT molecular complexity index is 1100. The first-order valence-electron chi connectivity index (χ1n) is 9.74. The van der Waals surface area contributed by atoms with Crippen LogP contribution in [0.2, 0.25) is 0 Å². The maximum absolute atomic E-state index is 12.6. The van der Waals surface area contributed by atoms with Crippen molar-refractivity contribution in [3.05, 3.63) is 82.5 Å². The van der Waals surface area contributed by atoms with Crippen molar-refractivity contribution in [1.29, 1.82) is 0 Å². The molecule has 1 amide bonds. The Balaban J connectivity index is 1.41. The molecule has 2 aromatic carbocycles. The summed E-state index contributed by atoms with van der Waals surface area (Å²) in [6.45, 7) is 3.66.